The Labute approximate surface area is 145 Å². The van der Waals surface area contributed by atoms with Gasteiger partial charge in [-0.1, -0.05) is 0 Å². The summed E-state index contributed by atoms with van der Waals surface area (Å²) in [5.74, 6) is 1.02. The summed E-state index contributed by atoms with van der Waals surface area (Å²) in [5, 5.41) is 2.80. The van der Waals surface area contributed by atoms with Gasteiger partial charge in [0.15, 0.2) is 0 Å². The number of aryl methyl sites for hydroxylation is 2. The third-order valence-electron chi connectivity index (χ3n) is 3.46. The molecule has 2 rings (SSSR count). The second-order valence-corrected chi connectivity index (χ2v) is 6.46. The fourth-order valence-corrected chi connectivity index (χ4v) is 3.02. The molecule has 1 amide bonds. The lowest BCUT2D eigenvalue weighted by Crippen LogP contribution is -2.29. The molecule has 1 aromatic heterocycles. The molecule has 0 aliphatic carbocycles. The summed E-state index contributed by atoms with van der Waals surface area (Å²) in [4.78, 5) is 27.6. The van der Waals surface area contributed by atoms with Gasteiger partial charge in [0.2, 0.25) is 5.91 Å². The monoisotopic (exact) mass is 346 g/mol. The Balaban J connectivity index is 1.84. The number of carbonyl (C=O) groups excluding carboxylic acids is 1. The molecule has 128 valence electrons. The summed E-state index contributed by atoms with van der Waals surface area (Å²) in [7, 11) is 0. The topological polar surface area (TPSA) is 71.2 Å². The number of hydrogen-bond donors (Lipinski definition) is 2. The van der Waals surface area contributed by atoms with E-state index in [2.05, 4.69) is 10.3 Å². The van der Waals surface area contributed by atoms with E-state index >= 15 is 0 Å². The molecular weight excluding hydrogens is 324 g/mol. The van der Waals surface area contributed by atoms with E-state index in [0.717, 1.165) is 21.9 Å². The highest BCUT2D eigenvalue weighted by atomic mass is 32.2. The predicted molar refractivity (Wildman–Crippen MR) is 96.7 cm³/mol. The van der Waals surface area contributed by atoms with Gasteiger partial charge in [-0.15, -0.1) is 11.8 Å². The fraction of sp³-hybridized carbons (Fsp3) is 0.333. The maximum Gasteiger partial charge on any atom is 0.253 e. The van der Waals surface area contributed by atoms with Crippen LogP contribution in [0.25, 0.3) is 0 Å². The van der Waals surface area contributed by atoms with Crippen molar-refractivity contribution < 1.29 is 9.53 Å². The van der Waals surface area contributed by atoms with Crippen molar-refractivity contribution in [3.8, 4) is 5.75 Å². The lowest BCUT2D eigenvalue weighted by atomic mass is 10.1. The van der Waals surface area contributed by atoms with Crippen molar-refractivity contribution in [2.75, 3.05) is 12.4 Å². The lowest BCUT2D eigenvalue weighted by Gasteiger charge is -2.08. The van der Waals surface area contributed by atoms with Crippen LogP contribution in [-0.2, 0) is 11.3 Å². The molecule has 5 nitrogen and oxygen atoms in total. The number of ether oxygens (including phenoxy) is 1. The molecular formula is C18H22N2O3S. The van der Waals surface area contributed by atoms with Crippen LogP contribution in [0.4, 0.5) is 0 Å². The zero-order valence-electron chi connectivity index (χ0n) is 14.1. The minimum absolute atomic E-state index is 0.103. The Kier molecular flexibility index (Phi) is 6.49. The molecule has 0 spiro atoms. The minimum atomic E-state index is -0.146. The molecule has 24 heavy (non-hydrogen) atoms. The first-order chi connectivity index (χ1) is 11.5. The third kappa shape index (κ3) is 5.16. The van der Waals surface area contributed by atoms with Gasteiger partial charge in [0.25, 0.3) is 5.56 Å². The molecule has 0 saturated carbocycles. The van der Waals surface area contributed by atoms with Crippen molar-refractivity contribution in [2.45, 2.75) is 32.2 Å². The number of aromatic nitrogens is 1. The Bertz CT molecular complexity index is 754. The van der Waals surface area contributed by atoms with Crippen LogP contribution in [0.1, 0.15) is 23.7 Å². The first kappa shape index (κ1) is 18.1. The van der Waals surface area contributed by atoms with Crippen LogP contribution >= 0.6 is 11.8 Å². The lowest BCUT2D eigenvalue weighted by molar-refractivity contribution is -0.118. The van der Waals surface area contributed by atoms with E-state index in [1.165, 1.54) is 11.8 Å². The molecule has 2 N–H and O–H groups in total. The van der Waals surface area contributed by atoms with Crippen molar-refractivity contribution in [1.82, 2.24) is 10.3 Å². The van der Waals surface area contributed by atoms with E-state index in [4.69, 9.17) is 4.74 Å². The summed E-state index contributed by atoms with van der Waals surface area (Å²) in [6.45, 7) is 6.52. The predicted octanol–water partition coefficient (Wildman–Crippen LogP) is 2.80. The zero-order valence-corrected chi connectivity index (χ0v) is 15.0. The highest BCUT2D eigenvalue weighted by molar-refractivity contribution is 8.00. The number of thioether (sulfide) groups is 1. The molecule has 0 radical (unpaired) electrons. The van der Waals surface area contributed by atoms with Gasteiger partial charge in [0, 0.05) is 22.7 Å². The maximum atomic E-state index is 12.0. The summed E-state index contributed by atoms with van der Waals surface area (Å²) in [6, 6.07) is 9.53. The molecule has 0 aliphatic heterocycles. The second-order valence-electron chi connectivity index (χ2n) is 5.41. The van der Waals surface area contributed by atoms with Gasteiger partial charge in [-0.2, -0.15) is 0 Å². The third-order valence-corrected chi connectivity index (χ3v) is 4.47. The van der Waals surface area contributed by atoms with Crippen LogP contribution in [0.2, 0.25) is 0 Å². The highest BCUT2D eigenvalue weighted by Gasteiger charge is 2.08. The van der Waals surface area contributed by atoms with Gasteiger partial charge >= 0.3 is 0 Å². The van der Waals surface area contributed by atoms with E-state index in [1.807, 2.05) is 51.1 Å². The average molecular weight is 346 g/mol. The standard InChI is InChI=1S/C18H22N2O3S/c1-4-23-14-5-7-15(8-6-14)24-11-17(21)19-10-16-12(2)9-13(3)20-18(16)22/h5-9H,4,10-11H2,1-3H3,(H,19,21)(H,20,22). The average Bonchev–Trinajstić information content (AvgIpc) is 2.53. The quantitative estimate of drug-likeness (QED) is 0.756. The molecule has 0 aliphatic rings. The normalized spacial score (nSPS) is 10.5. The number of H-pyrrole nitrogens is 1. The van der Waals surface area contributed by atoms with Crippen LogP contribution in [0, 0.1) is 13.8 Å². The molecule has 1 heterocycles. The molecule has 0 saturated heterocycles. The van der Waals surface area contributed by atoms with Gasteiger partial charge in [0.1, 0.15) is 5.75 Å². The number of carbonyl (C=O) groups is 1. The van der Waals surface area contributed by atoms with E-state index in [1.54, 1.807) is 0 Å². The molecule has 6 heteroatoms. The van der Waals surface area contributed by atoms with E-state index < -0.39 is 0 Å². The van der Waals surface area contributed by atoms with Crippen molar-refractivity contribution in [3.63, 3.8) is 0 Å². The van der Waals surface area contributed by atoms with Crippen molar-refractivity contribution >= 4 is 17.7 Å². The largest absolute Gasteiger partial charge is 0.494 e. The van der Waals surface area contributed by atoms with Gasteiger partial charge in [-0.05, 0) is 56.7 Å². The number of rotatable bonds is 7. The summed E-state index contributed by atoms with van der Waals surface area (Å²) >= 11 is 1.45. The maximum absolute atomic E-state index is 12.0. The number of amides is 1. The van der Waals surface area contributed by atoms with Gasteiger partial charge in [-0.25, -0.2) is 0 Å². The van der Waals surface area contributed by atoms with Crippen molar-refractivity contribution in [1.29, 1.82) is 0 Å². The zero-order chi connectivity index (χ0) is 17.5. The molecule has 0 unspecified atom stereocenters. The van der Waals surface area contributed by atoms with E-state index in [9.17, 15) is 9.59 Å². The molecule has 0 atom stereocenters. The van der Waals surface area contributed by atoms with E-state index in [-0.39, 0.29) is 18.0 Å². The number of hydrogen-bond acceptors (Lipinski definition) is 4. The van der Waals surface area contributed by atoms with Crippen molar-refractivity contribution in [3.05, 3.63) is 57.5 Å². The van der Waals surface area contributed by atoms with Gasteiger partial charge in [0.05, 0.1) is 12.4 Å². The molecule has 2 aromatic rings. The smallest absolute Gasteiger partial charge is 0.253 e. The second kappa shape index (κ2) is 8.59. The minimum Gasteiger partial charge on any atom is -0.494 e. The van der Waals surface area contributed by atoms with Crippen LogP contribution < -0.4 is 15.6 Å². The van der Waals surface area contributed by atoms with E-state index in [0.29, 0.717) is 17.9 Å². The Morgan fingerprint density at radius 1 is 1.25 bits per heavy atom. The SMILES string of the molecule is CCOc1ccc(SCC(=O)NCc2c(C)cc(C)[nH]c2=O)cc1. The Hall–Kier alpha value is -2.21. The molecule has 0 fully saturated rings. The highest BCUT2D eigenvalue weighted by Crippen LogP contribution is 2.21. The number of benzene rings is 1. The Morgan fingerprint density at radius 2 is 1.96 bits per heavy atom. The van der Waals surface area contributed by atoms with Crippen LogP contribution in [-0.4, -0.2) is 23.3 Å². The van der Waals surface area contributed by atoms with Crippen LogP contribution in [0.5, 0.6) is 5.75 Å². The molecule has 0 bridgehead atoms. The van der Waals surface area contributed by atoms with Crippen molar-refractivity contribution in [2.24, 2.45) is 0 Å². The summed E-state index contributed by atoms with van der Waals surface area (Å²) in [5.41, 5.74) is 2.15. The van der Waals surface area contributed by atoms with Gasteiger partial charge < -0.3 is 15.0 Å². The van der Waals surface area contributed by atoms with Crippen LogP contribution in [0.15, 0.2) is 40.0 Å². The number of nitrogens with one attached hydrogen (secondary N) is 2. The first-order valence-electron chi connectivity index (χ1n) is 7.81. The first-order valence-corrected chi connectivity index (χ1v) is 8.80. The number of pyridine rings is 1. The number of aromatic amines is 1. The Morgan fingerprint density at radius 3 is 2.58 bits per heavy atom. The summed E-state index contributed by atoms with van der Waals surface area (Å²) < 4.78 is 5.38. The van der Waals surface area contributed by atoms with Gasteiger partial charge in [-0.3, -0.25) is 9.59 Å². The molecule has 1 aromatic carbocycles. The fourth-order valence-electron chi connectivity index (χ4n) is 2.29. The van der Waals surface area contributed by atoms with Crippen LogP contribution in [0.3, 0.4) is 0 Å². The summed E-state index contributed by atoms with van der Waals surface area (Å²) in [6.07, 6.45) is 0.